The van der Waals surface area contributed by atoms with Crippen molar-refractivity contribution in [1.29, 1.82) is 0 Å². The highest BCUT2D eigenvalue weighted by Crippen LogP contribution is 2.39. The number of fused-ring (bicyclic) bond motifs is 1. The molecule has 0 heterocycles. The summed E-state index contributed by atoms with van der Waals surface area (Å²) in [5.74, 6) is 2.55. The fraction of sp³-hybridized carbons (Fsp3) is 0.667. The van der Waals surface area contributed by atoms with E-state index in [9.17, 15) is 5.11 Å². The Kier molecular flexibility index (Phi) is 3.66. The lowest BCUT2D eigenvalue weighted by Crippen LogP contribution is -2.35. The van der Waals surface area contributed by atoms with Gasteiger partial charge in [0.25, 0.3) is 0 Å². The Hall–Kier alpha value is -0.820. The number of aliphatic hydroxyl groups excluding tert-OH is 1. The molecule has 3 atom stereocenters. The third-order valence-electron chi connectivity index (χ3n) is 5.26. The van der Waals surface area contributed by atoms with Crippen LogP contribution in [0, 0.1) is 23.7 Å². The quantitative estimate of drug-likeness (QED) is 0.854. The van der Waals surface area contributed by atoms with Crippen molar-refractivity contribution in [3.05, 3.63) is 35.4 Å². The summed E-state index contributed by atoms with van der Waals surface area (Å²) in [6.45, 7) is 4.69. The Morgan fingerprint density at radius 3 is 1.95 bits per heavy atom. The van der Waals surface area contributed by atoms with Gasteiger partial charge >= 0.3 is 0 Å². The van der Waals surface area contributed by atoms with E-state index in [0.717, 1.165) is 24.7 Å². The standard InChI is InChI=1S/C18H26O/c1-12-7-13(2)9-16(8-12)18(19)17-10-14-5-3-4-6-15(14)11-17/h3-6,12-13,16-19H,7-11H2,1-2H3. The molecule has 3 rings (SSSR count). The summed E-state index contributed by atoms with van der Waals surface area (Å²) in [6, 6.07) is 8.71. The first-order valence-electron chi connectivity index (χ1n) is 7.88. The summed E-state index contributed by atoms with van der Waals surface area (Å²) in [7, 11) is 0. The molecule has 0 aliphatic heterocycles. The molecule has 1 aromatic rings. The SMILES string of the molecule is CC1CC(C)CC(C(O)C2Cc3ccccc3C2)C1. The maximum Gasteiger partial charge on any atom is 0.0603 e. The van der Waals surface area contributed by atoms with E-state index < -0.39 is 0 Å². The number of hydrogen-bond acceptors (Lipinski definition) is 1. The minimum Gasteiger partial charge on any atom is -0.393 e. The fourth-order valence-electron chi connectivity index (χ4n) is 4.51. The van der Waals surface area contributed by atoms with Gasteiger partial charge in [-0.1, -0.05) is 38.1 Å². The van der Waals surface area contributed by atoms with Crippen molar-refractivity contribution < 1.29 is 5.11 Å². The molecule has 19 heavy (non-hydrogen) atoms. The molecule has 104 valence electrons. The first kappa shape index (κ1) is 13.2. The highest BCUT2D eigenvalue weighted by atomic mass is 16.3. The Bertz CT molecular complexity index is 404. The molecule has 0 saturated heterocycles. The molecular weight excluding hydrogens is 232 g/mol. The predicted molar refractivity (Wildman–Crippen MR) is 79.0 cm³/mol. The monoisotopic (exact) mass is 258 g/mol. The molecule has 1 fully saturated rings. The van der Waals surface area contributed by atoms with Crippen LogP contribution < -0.4 is 0 Å². The van der Waals surface area contributed by atoms with Gasteiger partial charge in [0.2, 0.25) is 0 Å². The second-order valence-electron chi connectivity index (χ2n) is 7.11. The summed E-state index contributed by atoms with van der Waals surface area (Å²) >= 11 is 0. The Morgan fingerprint density at radius 1 is 0.895 bits per heavy atom. The van der Waals surface area contributed by atoms with Gasteiger partial charge in [0.1, 0.15) is 0 Å². The molecule has 1 heteroatoms. The first-order valence-corrected chi connectivity index (χ1v) is 7.88. The number of benzene rings is 1. The number of rotatable bonds is 2. The molecule has 0 bridgehead atoms. The van der Waals surface area contributed by atoms with Crippen molar-refractivity contribution in [2.45, 2.75) is 52.1 Å². The van der Waals surface area contributed by atoms with Gasteiger partial charge in [-0.15, -0.1) is 0 Å². The van der Waals surface area contributed by atoms with Gasteiger partial charge in [-0.05, 0) is 66.9 Å². The van der Waals surface area contributed by atoms with E-state index in [2.05, 4.69) is 38.1 Å². The molecule has 3 unspecified atom stereocenters. The Balaban J connectivity index is 1.67. The van der Waals surface area contributed by atoms with Gasteiger partial charge in [0, 0.05) is 0 Å². The topological polar surface area (TPSA) is 20.2 Å². The van der Waals surface area contributed by atoms with Crippen LogP contribution in [0.4, 0.5) is 0 Å². The van der Waals surface area contributed by atoms with Crippen LogP contribution in [0.1, 0.15) is 44.2 Å². The predicted octanol–water partition coefficient (Wildman–Crippen LogP) is 3.83. The van der Waals surface area contributed by atoms with E-state index in [1.54, 1.807) is 0 Å². The van der Waals surface area contributed by atoms with Crippen LogP contribution in [0.2, 0.25) is 0 Å². The molecule has 1 N–H and O–H groups in total. The van der Waals surface area contributed by atoms with Crippen LogP contribution in [0.15, 0.2) is 24.3 Å². The minimum absolute atomic E-state index is 0.0994. The highest BCUT2D eigenvalue weighted by Gasteiger charge is 2.35. The smallest absolute Gasteiger partial charge is 0.0603 e. The summed E-state index contributed by atoms with van der Waals surface area (Å²) in [5.41, 5.74) is 2.92. The van der Waals surface area contributed by atoms with Gasteiger partial charge in [0.15, 0.2) is 0 Å². The van der Waals surface area contributed by atoms with Gasteiger partial charge < -0.3 is 5.11 Å². The van der Waals surface area contributed by atoms with E-state index in [1.807, 2.05) is 0 Å². The van der Waals surface area contributed by atoms with Gasteiger partial charge in [-0.25, -0.2) is 0 Å². The van der Waals surface area contributed by atoms with Crippen LogP contribution in [-0.2, 0) is 12.8 Å². The molecule has 0 amide bonds. The lowest BCUT2D eigenvalue weighted by atomic mass is 9.72. The molecule has 1 nitrogen and oxygen atoms in total. The number of hydrogen-bond donors (Lipinski definition) is 1. The van der Waals surface area contributed by atoms with E-state index >= 15 is 0 Å². The van der Waals surface area contributed by atoms with Crippen molar-refractivity contribution in [2.75, 3.05) is 0 Å². The zero-order valence-electron chi connectivity index (χ0n) is 12.2. The van der Waals surface area contributed by atoms with Crippen molar-refractivity contribution in [3.63, 3.8) is 0 Å². The van der Waals surface area contributed by atoms with E-state index in [-0.39, 0.29) is 6.10 Å². The van der Waals surface area contributed by atoms with E-state index in [1.165, 1.54) is 30.4 Å². The van der Waals surface area contributed by atoms with E-state index in [0.29, 0.717) is 11.8 Å². The first-order chi connectivity index (χ1) is 9.13. The minimum atomic E-state index is -0.0994. The molecule has 0 radical (unpaired) electrons. The molecule has 2 aliphatic carbocycles. The van der Waals surface area contributed by atoms with Crippen LogP contribution in [0.3, 0.4) is 0 Å². The van der Waals surface area contributed by atoms with Crippen LogP contribution >= 0.6 is 0 Å². The summed E-state index contributed by atoms with van der Waals surface area (Å²) in [5, 5.41) is 10.8. The second kappa shape index (κ2) is 5.28. The Morgan fingerprint density at radius 2 is 1.42 bits per heavy atom. The summed E-state index contributed by atoms with van der Waals surface area (Å²) < 4.78 is 0. The van der Waals surface area contributed by atoms with Crippen molar-refractivity contribution in [1.82, 2.24) is 0 Å². The van der Waals surface area contributed by atoms with Crippen LogP contribution in [0.25, 0.3) is 0 Å². The summed E-state index contributed by atoms with van der Waals surface area (Å²) in [4.78, 5) is 0. The lowest BCUT2D eigenvalue weighted by Gasteiger charge is -2.36. The van der Waals surface area contributed by atoms with Crippen LogP contribution in [-0.4, -0.2) is 11.2 Å². The lowest BCUT2D eigenvalue weighted by molar-refractivity contribution is 0.0159. The zero-order valence-corrected chi connectivity index (χ0v) is 12.2. The average Bonchev–Trinajstić information content (AvgIpc) is 2.80. The third kappa shape index (κ3) is 2.72. The van der Waals surface area contributed by atoms with Crippen LogP contribution in [0.5, 0.6) is 0 Å². The van der Waals surface area contributed by atoms with E-state index in [4.69, 9.17) is 0 Å². The summed E-state index contributed by atoms with van der Waals surface area (Å²) in [6.07, 6.45) is 5.84. The molecular formula is C18H26O. The molecule has 1 aromatic carbocycles. The molecule has 0 aromatic heterocycles. The molecule has 0 spiro atoms. The number of aliphatic hydroxyl groups is 1. The highest BCUT2D eigenvalue weighted by molar-refractivity contribution is 5.32. The normalized spacial score (nSPS) is 33.1. The Labute approximate surface area is 117 Å². The second-order valence-corrected chi connectivity index (χ2v) is 7.11. The largest absolute Gasteiger partial charge is 0.393 e. The third-order valence-corrected chi connectivity index (χ3v) is 5.26. The molecule has 2 aliphatic rings. The maximum absolute atomic E-state index is 10.8. The average molecular weight is 258 g/mol. The van der Waals surface area contributed by atoms with Gasteiger partial charge in [-0.3, -0.25) is 0 Å². The zero-order chi connectivity index (χ0) is 13.4. The fourth-order valence-corrected chi connectivity index (χ4v) is 4.51. The van der Waals surface area contributed by atoms with Crippen molar-refractivity contribution in [2.24, 2.45) is 23.7 Å². The van der Waals surface area contributed by atoms with Gasteiger partial charge in [0.05, 0.1) is 6.10 Å². The van der Waals surface area contributed by atoms with Gasteiger partial charge in [-0.2, -0.15) is 0 Å². The molecule has 1 saturated carbocycles. The van der Waals surface area contributed by atoms with Crippen molar-refractivity contribution in [3.8, 4) is 0 Å². The van der Waals surface area contributed by atoms with Crippen molar-refractivity contribution >= 4 is 0 Å². The maximum atomic E-state index is 10.8.